The van der Waals surface area contributed by atoms with Gasteiger partial charge in [-0.25, -0.2) is 4.39 Å². The normalized spacial score (nSPS) is 21.9. The Labute approximate surface area is 129 Å². The maximum Gasteiger partial charge on any atom is 0.308 e. The van der Waals surface area contributed by atoms with Crippen LogP contribution in [0, 0.1) is 11.7 Å². The van der Waals surface area contributed by atoms with Crippen molar-refractivity contribution >= 4 is 5.97 Å². The highest BCUT2D eigenvalue weighted by Gasteiger charge is 2.39. The molecule has 0 saturated carbocycles. The van der Waals surface area contributed by atoms with Gasteiger partial charge in [-0.05, 0) is 29.7 Å². The van der Waals surface area contributed by atoms with Crippen molar-refractivity contribution in [1.82, 2.24) is 4.90 Å². The number of benzene rings is 2. The number of nitrogens with zero attached hydrogens (tertiary/aromatic N) is 1. The number of carbonyl (C=O) groups is 1. The lowest BCUT2D eigenvalue weighted by Crippen LogP contribution is -2.28. The van der Waals surface area contributed by atoms with Gasteiger partial charge in [0.25, 0.3) is 0 Å². The molecule has 2 aromatic carbocycles. The van der Waals surface area contributed by atoms with Gasteiger partial charge in [0.1, 0.15) is 5.82 Å². The van der Waals surface area contributed by atoms with Crippen molar-refractivity contribution in [3.63, 3.8) is 0 Å². The molecule has 22 heavy (non-hydrogen) atoms. The van der Waals surface area contributed by atoms with Crippen molar-refractivity contribution in [2.45, 2.75) is 19.0 Å². The highest BCUT2D eigenvalue weighted by Crippen LogP contribution is 2.38. The van der Waals surface area contributed by atoms with E-state index in [1.807, 2.05) is 36.4 Å². The van der Waals surface area contributed by atoms with Gasteiger partial charge in [-0.15, -0.1) is 0 Å². The molecule has 0 amide bonds. The number of aliphatic carboxylic acids is 1. The molecule has 2 aromatic rings. The molecule has 0 aromatic heterocycles. The zero-order valence-corrected chi connectivity index (χ0v) is 12.2. The van der Waals surface area contributed by atoms with E-state index in [0.717, 1.165) is 11.1 Å². The molecule has 2 atom stereocenters. The maximum atomic E-state index is 13.5. The molecular formula is C18H18FNO2. The number of likely N-dealkylation sites (tertiary alicyclic amines) is 1. The predicted octanol–water partition coefficient (Wildman–Crippen LogP) is 3.47. The first-order valence-corrected chi connectivity index (χ1v) is 7.41. The number of carboxylic acids is 1. The third-order valence-electron chi connectivity index (χ3n) is 4.24. The molecule has 0 bridgehead atoms. The van der Waals surface area contributed by atoms with Crippen molar-refractivity contribution in [2.75, 3.05) is 6.54 Å². The number of rotatable bonds is 4. The van der Waals surface area contributed by atoms with E-state index >= 15 is 0 Å². The van der Waals surface area contributed by atoms with Gasteiger partial charge in [0.05, 0.1) is 5.92 Å². The van der Waals surface area contributed by atoms with Gasteiger partial charge in [0.2, 0.25) is 0 Å². The van der Waals surface area contributed by atoms with Crippen molar-refractivity contribution in [2.24, 2.45) is 5.92 Å². The smallest absolute Gasteiger partial charge is 0.308 e. The van der Waals surface area contributed by atoms with Crippen LogP contribution in [0.3, 0.4) is 0 Å². The van der Waals surface area contributed by atoms with Crippen molar-refractivity contribution < 1.29 is 14.3 Å². The number of hydrogen-bond donors (Lipinski definition) is 1. The first kappa shape index (κ1) is 14.7. The topological polar surface area (TPSA) is 40.5 Å². The second-order valence-corrected chi connectivity index (χ2v) is 5.69. The fourth-order valence-electron chi connectivity index (χ4n) is 3.24. The zero-order chi connectivity index (χ0) is 15.5. The van der Waals surface area contributed by atoms with E-state index in [9.17, 15) is 14.3 Å². The number of halogens is 1. The van der Waals surface area contributed by atoms with Crippen LogP contribution in [-0.4, -0.2) is 22.5 Å². The minimum absolute atomic E-state index is 0.284. The van der Waals surface area contributed by atoms with Gasteiger partial charge < -0.3 is 5.11 Å². The molecule has 1 fully saturated rings. The van der Waals surface area contributed by atoms with E-state index in [0.29, 0.717) is 19.5 Å². The molecule has 1 heterocycles. The second-order valence-electron chi connectivity index (χ2n) is 5.69. The zero-order valence-electron chi connectivity index (χ0n) is 12.2. The van der Waals surface area contributed by atoms with Gasteiger partial charge in [0, 0.05) is 19.1 Å². The van der Waals surface area contributed by atoms with E-state index in [1.54, 1.807) is 6.07 Å². The van der Waals surface area contributed by atoms with Crippen LogP contribution < -0.4 is 0 Å². The average Bonchev–Trinajstić information content (AvgIpc) is 2.92. The average molecular weight is 299 g/mol. The van der Waals surface area contributed by atoms with E-state index < -0.39 is 11.9 Å². The molecule has 1 saturated heterocycles. The monoisotopic (exact) mass is 299 g/mol. The maximum absolute atomic E-state index is 13.5. The van der Waals surface area contributed by atoms with Gasteiger partial charge in [-0.1, -0.05) is 42.5 Å². The SMILES string of the molecule is O=C(O)C1CCN(Cc2ccccc2)C1c1cccc(F)c1. The fourth-order valence-corrected chi connectivity index (χ4v) is 3.24. The Bertz CT molecular complexity index is 659. The summed E-state index contributed by atoms with van der Waals surface area (Å²) in [7, 11) is 0. The van der Waals surface area contributed by atoms with Crippen LogP contribution in [-0.2, 0) is 11.3 Å². The summed E-state index contributed by atoms with van der Waals surface area (Å²) < 4.78 is 13.5. The lowest BCUT2D eigenvalue weighted by atomic mass is 9.93. The molecule has 114 valence electrons. The molecular weight excluding hydrogens is 281 g/mol. The summed E-state index contributed by atoms with van der Waals surface area (Å²) in [5.74, 6) is -1.64. The van der Waals surface area contributed by atoms with Crippen LogP contribution in [0.2, 0.25) is 0 Å². The Hall–Kier alpha value is -2.20. The van der Waals surface area contributed by atoms with Gasteiger partial charge >= 0.3 is 5.97 Å². The molecule has 3 nitrogen and oxygen atoms in total. The molecule has 0 radical (unpaired) electrons. The van der Waals surface area contributed by atoms with E-state index in [4.69, 9.17) is 0 Å². The Morgan fingerprint density at radius 2 is 1.95 bits per heavy atom. The molecule has 1 aliphatic heterocycles. The summed E-state index contributed by atoms with van der Waals surface area (Å²) in [5, 5.41) is 9.48. The van der Waals surface area contributed by atoms with Crippen LogP contribution in [0.25, 0.3) is 0 Å². The summed E-state index contributed by atoms with van der Waals surface area (Å²) >= 11 is 0. The fraction of sp³-hybridized carbons (Fsp3) is 0.278. The molecule has 1 N–H and O–H groups in total. The Morgan fingerprint density at radius 1 is 1.18 bits per heavy atom. The first-order valence-electron chi connectivity index (χ1n) is 7.41. The first-order chi connectivity index (χ1) is 10.6. The highest BCUT2D eigenvalue weighted by atomic mass is 19.1. The van der Waals surface area contributed by atoms with Crippen molar-refractivity contribution in [3.05, 3.63) is 71.5 Å². The largest absolute Gasteiger partial charge is 0.481 e. The van der Waals surface area contributed by atoms with Gasteiger partial charge in [-0.2, -0.15) is 0 Å². The Balaban J connectivity index is 1.90. The van der Waals surface area contributed by atoms with Crippen LogP contribution in [0.15, 0.2) is 54.6 Å². The van der Waals surface area contributed by atoms with E-state index in [-0.39, 0.29) is 11.9 Å². The second kappa shape index (κ2) is 6.28. The summed E-state index contributed by atoms with van der Waals surface area (Å²) in [6.45, 7) is 1.37. The third kappa shape index (κ3) is 3.02. The summed E-state index contributed by atoms with van der Waals surface area (Å²) in [4.78, 5) is 13.7. The van der Waals surface area contributed by atoms with Gasteiger partial charge in [0.15, 0.2) is 0 Å². The number of hydrogen-bond acceptors (Lipinski definition) is 2. The number of carboxylic acid groups (broad SMARTS) is 1. The van der Waals surface area contributed by atoms with Crippen molar-refractivity contribution in [1.29, 1.82) is 0 Å². The van der Waals surface area contributed by atoms with Gasteiger partial charge in [-0.3, -0.25) is 9.69 Å². The molecule has 0 spiro atoms. The highest BCUT2D eigenvalue weighted by molar-refractivity contribution is 5.71. The predicted molar refractivity (Wildman–Crippen MR) is 81.7 cm³/mol. The van der Waals surface area contributed by atoms with Crippen LogP contribution in [0.4, 0.5) is 4.39 Å². The standard InChI is InChI=1S/C18H18FNO2/c19-15-8-4-7-14(11-15)17-16(18(21)22)9-10-20(17)12-13-5-2-1-3-6-13/h1-8,11,16-17H,9-10,12H2,(H,21,22). The Kier molecular flexibility index (Phi) is 4.20. The molecule has 4 heteroatoms. The quantitative estimate of drug-likeness (QED) is 0.939. The lowest BCUT2D eigenvalue weighted by Gasteiger charge is -2.27. The summed E-state index contributed by atoms with van der Waals surface area (Å²) in [5.41, 5.74) is 1.87. The minimum Gasteiger partial charge on any atom is -0.481 e. The van der Waals surface area contributed by atoms with Crippen LogP contribution in [0.5, 0.6) is 0 Å². The summed E-state index contributed by atoms with van der Waals surface area (Å²) in [6, 6.07) is 15.9. The summed E-state index contributed by atoms with van der Waals surface area (Å²) in [6.07, 6.45) is 0.587. The minimum atomic E-state index is -0.815. The van der Waals surface area contributed by atoms with Crippen LogP contribution >= 0.6 is 0 Å². The molecule has 0 aliphatic carbocycles. The molecule has 2 unspecified atom stereocenters. The van der Waals surface area contributed by atoms with E-state index in [2.05, 4.69) is 4.90 Å². The molecule has 1 aliphatic rings. The lowest BCUT2D eigenvalue weighted by molar-refractivity contribution is -0.142. The Morgan fingerprint density at radius 3 is 2.64 bits per heavy atom. The third-order valence-corrected chi connectivity index (χ3v) is 4.24. The van der Waals surface area contributed by atoms with Crippen LogP contribution in [0.1, 0.15) is 23.6 Å². The van der Waals surface area contributed by atoms with E-state index in [1.165, 1.54) is 12.1 Å². The van der Waals surface area contributed by atoms with Crippen molar-refractivity contribution in [3.8, 4) is 0 Å². The molecule has 3 rings (SSSR count).